The topological polar surface area (TPSA) is 41.6 Å². The zero-order valence-electron chi connectivity index (χ0n) is 10.7. The standard InChI is InChI=1S/C13H16N2O2S2/c1-17-12(16)10-4-2-3-5-11(10)14-13(18)15-6-8-19-9-7-15/h2-5H,6-9H2,1H3,(H,14,18). The van der Waals surface area contributed by atoms with Crippen LogP contribution >= 0.6 is 24.0 Å². The van der Waals surface area contributed by atoms with Gasteiger partial charge in [-0.25, -0.2) is 4.79 Å². The summed E-state index contributed by atoms with van der Waals surface area (Å²) in [4.78, 5) is 13.8. The lowest BCUT2D eigenvalue weighted by atomic mass is 10.2. The van der Waals surface area contributed by atoms with Crippen LogP contribution in [0.1, 0.15) is 10.4 Å². The summed E-state index contributed by atoms with van der Waals surface area (Å²) in [5, 5.41) is 3.81. The average molecular weight is 296 g/mol. The summed E-state index contributed by atoms with van der Waals surface area (Å²) in [6.45, 7) is 1.88. The summed E-state index contributed by atoms with van der Waals surface area (Å²) >= 11 is 7.32. The van der Waals surface area contributed by atoms with Gasteiger partial charge in [0.15, 0.2) is 5.11 Å². The number of nitrogens with zero attached hydrogens (tertiary/aromatic N) is 1. The van der Waals surface area contributed by atoms with Crippen LogP contribution in [0.2, 0.25) is 0 Å². The van der Waals surface area contributed by atoms with Crippen LogP contribution in [0.4, 0.5) is 5.69 Å². The molecule has 1 aliphatic heterocycles. The van der Waals surface area contributed by atoms with Gasteiger partial charge in [0.1, 0.15) is 0 Å². The molecular formula is C13H16N2O2S2. The van der Waals surface area contributed by atoms with Crippen molar-refractivity contribution >= 4 is 40.7 Å². The number of methoxy groups -OCH3 is 1. The molecule has 1 saturated heterocycles. The minimum Gasteiger partial charge on any atom is -0.465 e. The van der Waals surface area contributed by atoms with E-state index < -0.39 is 0 Å². The second-order valence-corrected chi connectivity index (χ2v) is 5.68. The number of esters is 1. The summed E-state index contributed by atoms with van der Waals surface area (Å²) in [6, 6.07) is 7.22. The molecule has 0 bridgehead atoms. The molecular weight excluding hydrogens is 280 g/mol. The van der Waals surface area contributed by atoms with Crippen molar-refractivity contribution in [3.05, 3.63) is 29.8 Å². The number of anilines is 1. The number of carbonyl (C=O) groups is 1. The van der Waals surface area contributed by atoms with Gasteiger partial charge in [0.25, 0.3) is 0 Å². The van der Waals surface area contributed by atoms with Crippen LogP contribution in [0.15, 0.2) is 24.3 Å². The molecule has 0 spiro atoms. The SMILES string of the molecule is COC(=O)c1ccccc1NC(=S)N1CCSCC1. The van der Waals surface area contributed by atoms with Crippen LogP contribution in [0, 0.1) is 0 Å². The van der Waals surface area contributed by atoms with Gasteiger partial charge in [-0.05, 0) is 24.4 Å². The smallest absolute Gasteiger partial charge is 0.339 e. The van der Waals surface area contributed by atoms with E-state index in [9.17, 15) is 4.79 Å². The Labute approximate surface area is 122 Å². The van der Waals surface area contributed by atoms with Gasteiger partial charge in [0.05, 0.1) is 18.4 Å². The van der Waals surface area contributed by atoms with Gasteiger partial charge in [0.2, 0.25) is 0 Å². The number of ether oxygens (including phenoxy) is 1. The number of hydrogen-bond acceptors (Lipinski definition) is 4. The molecule has 0 aromatic heterocycles. The molecule has 102 valence electrons. The molecule has 2 rings (SSSR count). The van der Waals surface area contributed by atoms with E-state index in [1.54, 1.807) is 12.1 Å². The van der Waals surface area contributed by atoms with Gasteiger partial charge in [-0.15, -0.1) is 0 Å². The molecule has 1 fully saturated rings. The Bertz CT molecular complexity index is 473. The molecule has 0 atom stereocenters. The number of thioether (sulfide) groups is 1. The van der Waals surface area contributed by atoms with E-state index in [1.165, 1.54) is 7.11 Å². The lowest BCUT2D eigenvalue weighted by Gasteiger charge is -2.29. The molecule has 6 heteroatoms. The van der Waals surface area contributed by atoms with Gasteiger partial charge in [0, 0.05) is 24.6 Å². The summed E-state index contributed by atoms with van der Waals surface area (Å²) in [7, 11) is 1.37. The monoisotopic (exact) mass is 296 g/mol. The molecule has 1 N–H and O–H groups in total. The lowest BCUT2D eigenvalue weighted by Crippen LogP contribution is -2.40. The number of rotatable bonds is 2. The van der Waals surface area contributed by atoms with Crippen molar-refractivity contribution in [1.29, 1.82) is 0 Å². The predicted octanol–water partition coefficient (Wildman–Crippen LogP) is 2.22. The normalized spacial score (nSPS) is 14.9. The van der Waals surface area contributed by atoms with Gasteiger partial charge in [-0.3, -0.25) is 0 Å². The zero-order valence-corrected chi connectivity index (χ0v) is 12.4. The van der Waals surface area contributed by atoms with Crippen LogP contribution in [0.5, 0.6) is 0 Å². The summed E-state index contributed by atoms with van der Waals surface area (Å²) in [5.41, 5.74) is 1.19. The Morgan fingerprint density at radius 3 is 2.74 bits per heavy atom. The summed E-state index contributed by atoms with van der Waals surface area (Å²) in [5.74, 6) is 1.81. The van der Waals surface area contributed by atoms with Crippen molar-refractivity contribution in [2.75, 3.05) is 37.0 Å². The average Bonchev–Trinajstić information content (AvgIpc) is 2.48. The van der Waals surface area contributed by atoms with Crippen molar-refractivity contribution in [3.63, 3.8) is 0 Å². The molecule has 1 heterocycles. The maximum absolute atomic E-state index is 11.7. The highest BCUT2D eigenvalue weighted by Gasteiger charge is 2.16. The van der Waals surface area contributed by atoms with Gasteiger partial charge < -0.3 is 15.0 Å². The second-order valence-electron chi connectivity index (χ2n) is 4.07. The van der Waals surface area contributed by atoms with Crippen LogP contribution in [0.25, 0.3) is 0 Å². The Morgan fingerprint density at radius 1 is 1.37 bits per heavy atom. The molecule has 0 saturated carbocycles. The van der Waals surface area contributed by atoms with Crippen LogP contribution in [-0.4, -0.2) is 47.7 Å². The number of carbonyl (C=O) groups excluding carboxylic acids is 1. The number of hydrogen-bond donors (Lipinski definition) is 1. The summed E-state index contributed by atoms with van der Waals surface area (Å²) < 4.78 is 4.76. The Balaban J connectivity index is 2.09. The predicted molar refractivity (Wildman–Crippen MR) is 82.9 cm³/mol. The zero-order chi connectivity index (χ0) is 13.7. The molecule has 0 unspecified atom stereocenters. The lowest BCUT2D eigenvalue weighted by molar-refractivity contribution is 0.0602. The second kappa shape index (κ2) is 6.77. The van der Waals surface area contributed by atoms with Crippen molar-refractivity contribution < 1.29 is 9.53 Å². The maximum Gasteiger partial charge on any atom is 0.339 e. The van der Waals surface area contributed by atoms with Gasteiger partial charge >= 0.3 is 5.97 Å². The quantitative estimate of drug-likeness (QED) is 0.667. The molecule has 4 nitrogen and oxygen atoms in total. The molecule has 19 heavy (non-hydrogen) atoms. The number of nitrogens with one attached hydrogen (secondary N) is 1. The largest absolute Gasteiger partial charge is 0.465 e. The highest BCUT2D eigenvalue weighted by molar-refractivity contribution is 7.99. The molecule has 1 aromatic carbocycles. The van der Waals surface area contributed by atoms with E-state index in [-0.39, 0.29) is 5.97 Å². The van der Waals surface area contributed by atoms with E-state index in [2.05, 4.69) is 10.2 Å². The Kier molecular flexibility index (Phi) is 5.04. The van der Waals surface area contributed by atoms with Crippen molar-refractivity contribution in [2.45, 2.75) is 0 Å². The molecule has 0 aliphatic carbocycles. The van der Waals surface area contributed by atoms with E-state index in [4.69, 9.17) is 17.0 Å². The first-order valence-corrected chi connectivity index (χ1v) is 7.59. The van der Waals surface area contributed by atoms with Gasteiger partial charge in [-0.2, -0.15) is 11.8 Å². The number of thiocarbonyl (C=S) groups is 1. The fourth-order valence-electron chi connectivity index (χ4n) is 1.84. The van der Waals surface area contributed by atoms with Crippen molar-refractivity contribution in [2.24, 2.45) is 0 Å². The van der Waals surface area contributed by atoms with Crippen LogP contribution < -0.4 is 5.32 Å². The van der Waals surface area contributed by atoms with Crippen molar-refractivity contribution in [3.8, 4) is 0 Å². The van der Waals surface area contributed by atoms with E-state index in [0.29, 0.717) is 16.4 Å². The Hall–Kier alpha value is -1.27. The maximum atomic E-state index is 11.7. The first-order valence-electron chi connectivity index (χ1n) is 6.03. The minimum absolute atomic E-state index is 0.361. The summed E-state index contributed by atoms with van der Waals surface area (Å²) in [6.07, 6.45) is 0. The van der Waals surface area contributed by atoms with E-state index >= 15 is 0 Å². The molecule has 1 aromatic rings. The third-order valence-electron chi connectivity index (χ3n) is 2.87. The van der Waals surface area contributed by atoms with Gasteiger partial charge in [-0.1, -0.05) is 12.1 Å². The van der Waals surface area contributed by atoms with E-state index in [1.807, 2.05) is 23.9 Å². The first kappa shape index (κ1) is 14.1. The van der Waals surface area contributed by atoms with Crippen LogP contribution in [-0.2, 0) is 4.74 Å². The fourth-order valence-corrected chi connectivity index (χ4v) is 3.04. The third kappa shape index (κ3) is 3.61. The number of benzene rings is 1. The molecule has 0 amide bonds. The first-order chi connectivity index (χ1) is 9.22. The third-order valence-corrected chi connectivity index (χ3v) is 4.18. The van der Waals surface area contributed by atoms with Crippen molar-refractivity contribution in [1.82, 2.24) is 4.90 Å². The highest BCUT2D eigenvalue weighted by Crippen LogP contribution is 2.18. The van der Waals surface area contributed by atoms with Crippen LogP contribution in [0.3, 0.4) is 0 Å². The number of para-hydroxylation sites is 1. The minimum atomic E-state index is -0.361. The molecule has 1 aliphatic rings. The van der Waals surface area contributed by atoms with E-state index in [0.717, 1.165) is 24.6 Å². The molecule has 0 radical (unpaired) electrons. The fraction of sp³-hybridized carbons (Fsp3) is 0.385. The highest BCUT2D eigenvalue weighted by atomic mass is 32.2. The Morgan fingerprint density at radius 2 is 2.05 bits per heavy atom.